The van der Waals surface area contributed by atoms with Gasteiger partial charge in [-0.3, -0.25) is 14.5 Å². The van der Waals surface area contributed by atoms with E-state index in [1.165, 1.54) is 6.42 Å². The first-order valence-corrected chi connectivity index (χ1v) is 13.5. The molecule has 1 heterocycles. The molecule has 38 heavy (non-hydrogen) atoms. The van der Waals surface area contributed by atoms with Crippen LogP contribution >= 0.6 is 23.2 Å². The first-order chi connectivity index (χ1) is 18.4. The average Bonchev–Trinajstić information content (AvgIpc) is 2.91. The van der Waals surface area contributed by atoms with Crippen molar-refractivity contribution in [2.75, 3.05) is 38.0 Å². The summed E-state index contributed by atoms with van der Waals surface area (Å²) in [6, 6.07) is 22.6. The minimum absolute atomic E-state index is 0.0592. The van der Waals surface area contributed by atoms with Gasteiger partial charge in [0.05, 0.1) is 24.7 Å². The number of carbonyl (C=O) groups is 2. The summed E-state index contributed by atoms with van der Waals surface area (Å²) in [6.45, 7) is 2.47. The van der Waals surface area contributed by atoms with Crippen LogP contribution in [0, 0.1) is 11.3 Å². The van der Waals surface area contributed by atoms with Gasteiger partial charge >= 0.3 is 0 Å². The minimum Gasteiger partial charge on any atom is -0.332 e. The van der Waals surface area contributed by atoms with Crippen molar-refractivity contribution in [3.63, 3.8) is 0 Å². The lowest BCUT2D eigenvalue weighted by molar-refractivity contribution is -0.135. The van der Waals surface area contributed by atoms with Gasteiger partial charge in [0, 0.05) is 22.3 Å². The molecule has 1 aliphatic heterocycles. The van der Waals surface area contributed by atoms with Crippen LogP contribution in [0.5, 0.6) is 0 Å². The Morgan fingerprint density at radius 1 is 0.921 bits per heavy atom. The summed E-state index contributed by atoms with van der Waals surface area (Å²) in [5.74, 6) is -0.362. The fourth-order valence-electron chi connectivity index (χ4n) is 4.60. The van der Waals surface area contributed by atoms with E-state index >= 15 is 0 Å². The number of halogens is 2. The standard InChI is InChI=1S/C30H30Cl2N4O2/c31-26-16-27(32)18-28(17-26)34-29(37)20-36(30(38)21-35-12-2-1-3-13-35)14-11-22-7-9-24(10-8-22)25-6-4-5-23(15-25)19-33/h4-10,15-18H,1-3,11-14,20-21H2,(H,34,37). The van der Waals surface area contributed by atoms with Gasteiger partial charge in [-0.25, -0.2) is 0 Å². The Morgan fingerprint density at radius 3 is 2.32 bits per heavy atom. The monoisotopic (exact) mass is 548 g/mol. The summed E-state index contributed by atoms with van der Waals surface area (Å²) < 4.78 is 0. The number of benzene rings is 3. The van der Waals surface area contributed by atoms with E-state index in [2.05, 4.69) is 16.3 Å². The molecule has 1 aliphatic rings. The Hall–Kier alpha value is -3.37. The molecule has 8 heteroatoms. The molecule has 3 aromatic rings. The highest BCUT2D eigenvalue weighted by Gasteiger charge is 2.21. The number of nitrogens with zero attached hydrogens (tertiary/aromatic N) is 3. The number of likely N-dealkylation sites (tertiary alicyclic amines) is 1. The molecule has 3 aromatic carbocycles. The molecule has 6 nitrogen and oxygen atoms in total. The molecule has 1 fully saturated rings. The van der Waals surface area contributed by atoms with Gasteiger partial charge in [-0.2, -0.15) is 5.26 Å². The van der Waals surface area contributed by atoms with E-state index in [4.69, 9.17) is 28.5 Å². The predicted molar refractivity (Wildman–Crippen MR) is 152 cm³/mol. The summed E-state index contributed by atoms with van der Waals surface area (Å²) in [5, 5.41) is 12.8. The lowest BCUT2D eigenvalue weighted by Crippen LogP contribution is -2.45. The van der Waals surface area contributed by atoms with Gasteiger partial charge in [0.1, 0.15) is 0 Å². The van der Waals surface area contributed by atoms with Crippen LogP contribution in [0.25, 0.3) is 11.1 Å². The predicted octanol–water partition coefficient (Wildman–Crippen LogP) is 6.03. The van der Waals surface area contributed by atoms with Gasteiger partial charge in [0.2, 0.25) is 11.8 Å². The summed E-state index contributed by atoms with van der Waals surface area (Å²) >= 11 is 12.1. The number of nitrogens with one attached hydrogen (secondary N) is 1. The van der Waals surface area contributed by atoms with Crippen LogP contribution in [0.1, 0.15) is 30.4 Å². The third-order valence-corrected chi connectivity index (χ3v) is 7.03. The van der Waals surface area contributed by atoms with Crippen molar-refractivity contribution >= 4 is 40.7 Å². The van der Waals surface area contributed by atoms with Crippen LogP contribution in [-0.4, -0.2) is 54.3 Å². The van der Waals surface area contributed by atoms with Crippen molar-refractivity contribution in [3.8, 4) is 17.2 Å². The maximum absolute atomic E-state index is 13.3. The van der Waals surface area contributed by atoms with E-state index in [0.29, 0.717) is 40.8 Å². The molecular weight excluding hydrogens is 519 g/mol. The molecule has 0 spiro atoms. The van der Waals surface area contributed by atoms with Crippen molar-refractivity contribution in [2.24, 2.45) is 0 Å². The van der Waals surface area contributed by atoms with E-state index in [9.17, 15) is 9.59 Å². The molecule has 1 N–H and O–H groups in total. The number of anilines is 1. The van der Waals surface area contributed by atoms with E-state index in [1.807, 2.05) is 42.5 Å². The largest absolute Gasteiger partial charge is 0.332 e. The molecule has 2 amide bonds. The Morgan fingerprint density at radius 2 is 1.63 bits per heavy atom. The molecule has 0 radical (unpaired) electrons. The molecule has 1 saturated heterocycles. The van der Waals surface area contributed by atoms with Crippen LogP contribution in [-0.2, 0) is 16.0 Å². The van der Waals surface area contributed by atoms with Crippen LogP contribution in [0.4, 0.5) is 5.69 Å². The zero-order valence-electron chi connectivity index (χ0n) is 21.1. The summed E-state index contributed by atoms with van der Waals surface area (Å²) in [4.78, 5) is 29.9. The van der Waals surface area contributed by atoms with Crippen LogP contribution in [0.2, 0.25) is 10.0 Å². The third kappa shape index (κ3) is 8.06. The topological polar surface area (TPSA) is 76.4 Å². The fraction of sp³-hybridized carbons (Fsp3) is 0.300. The molecule has 4 rings (SSSR count). The first-order valence-electron chi connectivity index (χ1n) is 12.8. The maximum atomic E-state index is 13.3. The summed E-state index contributed by atoms with van der Waals surface area (Å²) in [5.41, 5.74) is 4.16. The van der Waals surface area contributed by atoms with Gasteiger partial charge in [-0.15, -0.1) is 0 Å². The summed E-state index contributed by atoms with van der Waals surface area (Å²) in [6.07, 6.45) is 3.98. The Labute approximate surface area is 233 Å². The lowest BCUT2D eigenvalue weighted by atomic mass is 10.0. The number of piperidine rings is 1. The van der Waals surface area contributed by atoms with E-state index in [1.54, 1.807) is 29.2 Å². The Bertz CT molecular complexity index is 1290. The highest BCUT2D eigenvalue weighted by Crippen LogP contribution is 2.23. The summed E-state index contributed by atoms with van der Waals surface area (Å²) in [7, 11) is 0. The normalized spacial score (nSPS) is 13.5. The minimum atomic E-state index is -0.303. The molecule has 0 aromatic heterocycles. The lowest BCUT2D eigenvalue weighted by Gasteiger charge is -2.29. The number of rotatable bonds is 9. The second kappa shape index (κ2) is 13.4. The van der Waals surface area contributed by atoms with Gasteiger partial charge < -0.3 is 10.2 Å². The molecule has 0 saturated carbocycles. The molecule has 0 atom stereocenters. The second-order valence-electron chi connectivity index (χ2n) is 9.50. The van der Waals surface area contributed by atoms with E-state index in [0.717, 1.165) is 42.6 Å². The Kier molecular flexibility index (Phi) is 9.78. The van der Waals surface area contributed by atoms with Crippen molar-refractivity contribution < 1.29 is 9.59 Å². The number of hydrogen-bond donors (Lipinski definition) is 1. The zero-order chi connectivity index (χ0) is 26.9. The maximum Gasteiger partial charge on any atom is 0.243 e. The van der Waals surface area contributed by atoms with Crippen molar-refractivity contribution in [1.82, 2.24) is 9.80 Å². The van der Waals surface area contributed by atoms with Gasteiger partial charge in [-0.1, -0.05) is 66.0 Å². The molecule has 196 valence electrons. The molecule has 0 bridgehead atoms. The van der Waals surface area contributed by atoms with Gasteiger partial charge in [-0.05, 0) is 79.4 Å². The number of amides is 2. The number of carbonyl (C=O) groups excluding carboxylic acids is 2. The Balaban J connectivity index is 1.42. The first kappa shape index (κ1) is 27.7. The van der Waals surface area contributed by atoms with Crippen molar-refractivity contribution in [1.29, 1.82) is 5.26 Å². The van der Waals surface area contributed by atoms with Crippen molar-refractivity contribution in [2.45, 2.75) is 25.7 Å². The van der Waals surface area contributed by atoms with E-state index < -0.39 is 0 Å². The van der Waals surface area contributed by atoms with Crippen LogP contribution in [0.15, 0.2) is 66.7 Å². The molecular formula is C30H30Cl2N4O2. The van der Waals surface area contributed by atoms with Crippen molar-refractivity contribution in [3.05, 3.63) is 87.9 Å². The van der Waals surface area contributed by atoms with Gasteiger partial charge in [0.15, 0.2) is 0 Å². The van der Waals surface area contributed by atoms with Crippen LogP contribution in [0.3, 0.4) is 0 Å². The highest BCUT2D eigenvalue weighted by molar-refractivity contribution is 6.35. The van der Waals surface area contributed by atoms with Gasteiger partial charge in [0.25, 0.3) is 0 Å². The number of hydrogen-bond acceptors (Lipinski definition) is 4. The van der Waals surface area contributed by atoms with E-state index in [-0.39, 0.29) is 18.4 Å². The highest BCUT2D eigenvalue weighted by atomic mass is 35.5. The average molecular weight is 550 g/mol. The zero-order valence-corrected chi connectivity index (χ0v) is 22.6. The second-order valence-corrected chi connectivity index (χ2v) is 10.4. The molecule has 0 unspecified atom stereocenters. The molecule has 0 aliphatic carbocycles. The fourth-order valence-corrected chi connectivity index (χ4v) is 5.12. The third-order valence-electron chi connectivity index (χ3n) is 6.59. The quantitative estimate of drug-likeness (QED) is 0.354. The smallest absolute Gasteiger partial charge is 0.243 e. The SMILES string of the molecule is N#Cc1cccc(-c2ccc(CCN(CC(=O)Nc3cc(Cl)cc(Cl)c3)C(=O)CN3CCCCC3)cc2)c1. The number of nitriles is 1. The van der Waals surface area contributed by atoms with Crippen LogP contribution < -0.4 is 5.32 Å².